The van der Waals surface area contributed by atoms with E-state index in [-0.39, 0.29) is 5.92 Å². The molecule has 0 amide bonds. The lowest BCUT2D eigenvalue weighted by Gasteiger charge is -2.17. The van der Waals surface area contributed by atoms with Crippen LogP contribution < -0.4 is 10.5 Å². The van der Waals surface area contributed by atoms with Gasteiger partial charge in [-0.25, -0.2) is 0 Å². The fourth-order valence-electron chi connectivity index (χ4n) is 2.95. The summed E-state index contributed by atoms with van der Waals surface area (Å²) < 4.78 is 6.29. The van der Waals surface area contributed by atoms with Gasteiger partial charge in [-0.2, -0.15) is 0 Å². The average molecular weight is 326 g/mol. The summed E-state index contributed by atoms with van der Waals surface area (Å²) in [6, 6.07) is 5.77. The van der Waals surface area contributed by atoms with Crippen molar-refractivity contribution in [1.29, 1.82) is 0 Å². The second-order valence-corrected chi connectivity index (χ2v) is 6.05. The largest absolute Gasteiger partial charge is 0.496 e. The van der Waals surface area contributed by atoms with Crippen molar-refractivity contribution in [2.75, 3.05) is 13.7 Å². The van der Waals surface area contributed by atoms with Crippen LogP contribution in [0.4, 0.5) is 0 Å². The summed E-state index contributed by atoms with van der Waals surface area (Å²) in [6.07, 6.45) is 3.62. The van der Waals surface area contributed by atoms with Gasteiger partial charge in [0.05, 0.1) is 7.11 Å². The molecule has 0 radical (unpaired) electrons. The first-order valence-corrected chi connectivity index (χ1v) is 7.50. The molecule has 3 nitrogen and oxygen atoms in total. The van der Waals surface area contributed by atoms with Crippen molar-refractivity contribution < 1.29 is 9.53 Å². The molecule has 2 atom stereocenters. The van der Waals surface area contributed by atoms with E-state index in [1.807, 2.05) is 18.2 Å². The molecule has 4 heteroatoms. The predicted molar refractivity (Wildman–Crippen MR) is 79.3 cm³/mol. The van der Waals surface area contributed by atoms with Gasteiger partial charge in [0.15, 0.2) is 0 Å². The van der Waals surface area contributed by atoms with Crippen LogP contribution in [0.5, 0.6) is 5.75 Å². The van der Waals surface area contributed by atoms with Gasteiger partial charge in [0.1, 0.15) is 11.5 Å². The number of ketones is 1. The van der Waals surface area contributed by atoms with Crippen LogP contribution in [-0.4, -0.2) is 19.4 Å². The molecule has 0 aliphatic heterocycles. The van der Waals surface area contributed by atoms with Crippen molar-refractivity contribution in [2.45, 2.75) is 25.7 Å². The molecule has 0 aromatic heterocycles. The number of hydrogen-bond donors (Lipinski definition) is 1. The Morgan fingerprint density at radius 1 is 1.47 bits per heavy atom. The number of carbonyl (C=O) groups is 1. The molecule has 1 fully saturated rings. The summed E-state index contributed by atoms with van der Waals surface area (Å²) in [4.78, 5) is 12.4. The molecule has 1 aromatic carbocycles. The predicted octanol–water partition coefficient (Wildman–Crippen LogP) is 2.94. The molecule has 1 saturated carbocycles. The van der Waals surface area contributed by atoms with Gasteiger partial charge in [0.2, 0.25) is 0 Å². The third-order valence-corrected chi connectivity index (χ3v) is 4.48. The number of ether oxygens (including phenoxy) is 1. The van der Waals surface area contributed by atoms with Crippen molar-refractivity contribution in [3.05, 3.63) is 28.2 Å². The number of methoxy groups -OCH3 is 1. The molecule has 104 valence electrons. The van der Waals surface area contributed by atoms with Gasteiger partial charge in [-0.15, -0.1) is 0 Å². The number of nitrogens with two attached hydrogens (primary N) is 1. The number of hydrogen-bond acceptors (Lipinski definition) is 3. The maximum Gasteiger partial charge on any atom is 0.140 e. The van der Waals surface area contributed by atoms with Gasteiger partial charge < -0.3 is 10.5 Å². The Morgan fingerprint density at radius 3 is 2.95 bits per heavy atom. The van der Waals surface area contributed by atoms with Gasteiger partial charge in [-0.05, 0) is 43.5 Å². The molecule has 19 heavy (non-hydrogen) atoms. The monoisotopic (exact) mass is 325 g/mol. The second kappa shape index (κ2) is 6.53. The lowest BCUT2D eigenvalue weighted by Crippen LogP contribution is -2.26. The van der Waals surface area contributed by atoms with Crippen LogP contribution in [0.1, 0.15) is 24.8 Å². The molecular formula is C15H20BrNO2. The van der Waals surface area contributed by atoms with Gasteiger partial charge >= 0.3 is 0 Å². The molecule has 2 rings (SSSR count). The van der Waals surface area contributed by atoms with E-state index >= 15 is 0 Å². The van der Waals surface area contributed by atoms with Crippen molar-refractivity contribution in [1.82, 2.24) is 0 Å². The van der Waals surface area contributed by atoms with Crippen molar-refractivity contribution in [2.24, 2.45) is 17.6 Å². The zero-order valence-electron chi connectivity index (χ0n) is 11.2. The average Bonchev–Trinajstić information content (AvgIpc) is 2.87. The molecule has 0 bridgehead atoms. The highest BCUT2D eigenvalue weighted by molar-refractivity contribution is 9.10. The fraction of sp³-hybridized carbons (Fsp3) is 0.533. The molecule has 1 aliphatic rings. The van der Waals surface area contributed by atoms with E-state index in [9.17, 15) is 4.79 Å². The maximum atomic E-state index is 12.4. The Kier molecular flexibility index (Phi) is 4.99. The summed E-state index contributed by atoms with van der Waals surface area (Å²) in [5, 5.41) is 0. The van der Waals surface area contributed by atoms with E-state index in [1.54, 1.807) is 7.11 Å². The van der Waals surface area contributed by atoms with Gasteiger partial charge in [0.25, 0.3) is 0 Å². The van der Waals surface area contributed by atoms with Crippen LogP contribution in [0.3, 0.4) is 0 Å². The first-order valence-electron chi connectivity index (χ1n) is 6.71. The summed E-state index contributed by atoms with van der Waals surface area (Å²) in [5.74, 6) is 1.57. The summed E-state index contributed by atoms with van der Waals surface area (Å²) in [6.45, 7) is 0.617. The Bertz CT molecular complexity index is 461. The third kappa shape index (κ3) is 3.37. The van der Waals surface area contributed by atoms with Crippen LogP contribution in [0, 0.1) is 11.8 Å². The van der Waals surface area contributed by atoms with Crippen LogP contribution in [-0.2, 0) is 11.2 Å². The molecule has 2 N–H and O–H groups in total. The highest BCUT2D eigenvalue weighted by Gasteiger charge is 2.31. The van der Waals surface area contributed by atoms with E-state index in [2.05, 4.69) is 15.9 Å². The number of rotatable bonds is 5. The normalized spacial score (nSPS) is 22.5. The van der Waals surface area contributed by atoms with Crippen molar-refractivity contribution in [3.8, 4) is 5.75 Å². The maximum absolute atomic E-state index is 12.4. The molecular weight excluding hydrogens is 306 g/mol. The Balaban J connectivity index is 2.12. The van der Waals surface area contributed by atoms with E-state index < -0.39 is 0 Å². The summed E-state index contributed by atoms with van der Waals surface area (Å²) in [5.41, 5.74) is 6.70. The molecule has 0 heterocycles. The molecule has 0 spiro atoms. The van der Waals surface area contributed by atoms with Gasteiger partial charge in [-0.1, -0.05) is 22.4 Å². The quantitative estimate of drug-likeness (QED) is 0.905. The molecule has 1 aromatic rings. The third-order valence-electron chi connectivity index (χ3n) is 3.98. The Morgan fingerprint density at radius 2 is 2.26 bits per heavy atom. The highest BCUT2D eigenvalue weighted by Crippen LogP contribution is 2.33. The standard InChI is InChI=1S/C15H20BrNO2/c1-19-15-6-5-12(16)7-11(15)8-14(18)13-4-2-3-10(13)9-17/h5-7,10,13H,2-4,8-9,17H2,1H3. The first-order chi connectivity index (χ1) is 9.15. The number of Topliss-reactive ketones (excluding diaryl/α,β-unsaturated/α-hetero) is 1. The van der Waals surface area contributed by atoms with E-state index in [1.165, 1.54) is 0 Å². The number of benzene rings is 1. The molecule has 0 saturated heterocycles. The minimum absolute atomic E-state index is 0.133. The minimum atomic E-state index is 0.133. The topological polar surface area (TPSA) is 52.3 Å². The molecule has 2 unspecified atom stereocenters. The smallest absolute Gasteiger partial charge is 0.140 e. The zero-order valence-corrected chi connectivity index (χ0v) is 12.8. The first kappa shape index (κ1) is 14.5. The SMILES string of the molecule is COc1ccc(Br)cc1CC(=O)C1CCCC1CN. The zero-order chi connectivity index (χ0) is 13.8. The molecule has 1 aliphatic carbocycles. The van der Waals surface area contributed by atoms with E-state index in [4.69, 9.17) is 10.5 Å². The lowest BCUT2D eigenvalue weighted by molar-refractivity contribution is -0.123. The van der Waals surface area contributed by atoms with Crippen LogP contribution in [0.25, 0.3) is 0 Å². The summed E-state index contributed by atoms with van der Waals surface area (Å²) >= 11 is 3.44. The van der Waals surface area contributed by atoms with E-state index in [0.29, 0.717) is 24.7 Å². The second-order valence-electron chi connectivity index (χ2n) is 5.13. The Hall–Kier alpha value is -0.870. The van der Waals surface area contributed by atoms with Crippen LogP contribution in [0.2, 0.25) is 0 Å². The van der Waals surface area contributed by atoms with Crippen LogP contribution >= 0.6 is 15.9 Å². The van der Waals surface area contributed by atoms with Crippen molar-refractivity contribution >= 4 is 21.7 Å². The number of carbonyl (C=O) groups excluding carboxylic acids is 1. The Labute approximate surface area is 122 Å². The fourth-order valence-corrected chi connectivity index (χ4v) is 3.36. The van der Waals surface area contributed by atoms with Crippen molar-refractivity contribution in [3.63, 3.8) is 0 Å². The lowest BCUT2D eigenvalue weighted by atomic mass is 9.89. The highest BCUT2D eigenvalue weighted by atomic mass is 79.9. The van der Waals surface area contributed by atoms with Gasteiger partial charge in [0, 0.05) is 22.4 Å². The summed E-state index contributed by atoms with van der Waals surface area (Å²) in [7, 11) is 1.63. The minimum Gasteiger partial charge on any atom is -0.496 e. The number of halogens is 1. The van der Waals surface area contributed by atoms with Crippen LogP contribution in [0.15, 0.2) is 22.7 Å². The van der Waals surface area contributed by atoms with Gasteiger partial charge in [-0.3, -0.25) is 4.79 Å². The van der Waals surface area contributed by atoms with E-state index in [0.717, 1.165) is 35.0 Å².